The van der Waals surface area contributed by atoms with E-state index in [4.69, 9.17) is 4.99 Å². The van der Waals surface area contributed by atoms with Gasteiger partial charge in [0.05, 0.1) is 6.54 Å². The molecule has 1 heterocycles. The largest absolute Gasteiger partial charge is 0.357 e. The van der Waals surface area contributed by atoms with Gasteiger partial charge < -0.3 is 10.6 Å². The van der Waals surface area contributed by atoms with Crippen LogP contribution >= 0.6 is 0 Å². The second-order valence-corrected chi connectivity index (χ2v) is 6.94. The van der Waals surface area contributed by atoms with Gasteiger partial charge in [0.25, 0.3) is 0 Å². The Balaban J connectivity index is 1.55. The van der Waals surface area contributed by atoms with Crippen molar-refractivity contribution in [1.82, 2.24) is 15.5 Å². The molecule has 1 aliphatic carbocycles. The van der Waals surface area contributed by atoms with Crippen molar-refractivity contribution in [3.8, 4) is 0 Å². The summed E-state index contributed by atoms with van der Waals surface area (Å²) in [6, 6.07) is 12.0. The average molecular weight is 314 g/mol. The van der Waals surface area contributed by atoms with Crippen molar-refractivity contribution in [2.45, 2.75) is 51.7 Å². The van der Waals surface area contributed by atoms with E-state index in [0.29, 0.717) is 12.1 Å². The highest BCUT2D eigenvalue weighted by molar-refractivity contribution is 5.80. The second kappa shape index (κ2) is 7.82. The van der Waals surface area contributed by atoms with Crippen LogP contribution in [0, 0.1) is 5.92 Å². The summed E-state index contributed by atoms with van der Waals surface area (Å²) in [5.74, 6) is 1.79. The molecular weight excluding hydrogens is 284 g/mol. The lowest BCUT2D eigenvalue weighted by Crippen LogP contribution is -2.40. The maximum absolute atomic E-state index is 4.85. The number of nitrogens with zero attached hydrogens (tertiary/aromatic N) is 2. The zero-order chi connectivity index (χ0) is 16.1. The minimum atomic E-state index is 0.572. The van der Waals surface area contributed by atoms with Crippen LogP contribution in [0.3, 0.4) is 0 Å². The van der Waals surface area contributed by atoms with E-state index < -0.39 is 0 Å². The first kappa shape index (κ1) is 16.3. The zero-order valence-corrected chi connectivity index (χ0v) is 14.5. The van der Waals surface area contributed by atoms with Crippen LogP contribution in [0.4, 0.5) is 0 Å². The number of benzene rings is 1. The average Bonchev–Trinajstić information content (AvgIpc) is 3.07. The van der Waals surface area contributed by atoms with E-state index >= 15 is 0 Å². The highest BCUT2D eigenvalue weighted by Gasteiger charge is 2.33. The molecule has 2 aliphatic rings. The molecule has 4 nitrogen and oxygen atoms in total. The van der Waals surface area contributed by atoms with E-state index in [0.717, 1.165) is 31.5 Å². The predicted octanol–water partition coefficient (Wildman–Crippen LogP) is 2.61. The minimum Gasteiger partial charge on any atom is -0.357 e. The molecule has 23 heavy (non-hydrogen) atoms. The Kier molecular flexibility index (Phi) is 5.55. The van der Waals surface area contributed by atoms with E-state index in [9.17, 15) is 0 Å². The van der Waals surface area contributed by atoms with E-state index in [2.05, 4.69) is 59.7 Å². The summed E-state index contributed by atoms with van der Waals surface area (Å²) in [5, 5.41) is 6.93. The van der Waals surface area contributed by atoms with Crippen LogP contribution in [0.25, 0.3) is 0 Å². The lowest BCUT2D eigenvalue weighted by Gasteiger charge is -2.23. The maximum atomic E-state index is 4.85. The number of likely N-dealkylation sites (tertiary alicyclic amines) is 1. The van der Waals surface area contributed by atoms with Gasteiger partial charge in [0.15, 0.2) is 5.96 Å². The molecule has 1 saturated heterocycles. The van der Waals surface area contributed by atoms with Crippen LogP contribution in [0.1, 0.15) is 38.7 Å². The fourth-order valence-electron chi connectivity index (χ4n) is 3.34. The van der Waals surface area contributed by atoms with Gasteiger partial charge in [-0.1, -0.05) is 37.3 Å². The topological polar surface area (TPSA) is 39.7 Å². The Hall–Kier alpha value is -1.55. The Morgan fingerprint density at radius 2 is 2.09 bits per heavy atom. The SMILES string of the molecule is CCNC(=NCC1CCCN1Cc1ccccc1)NC1CC1C. The number of hydrogen-bond acceptors (Lipinski definition) is 2. The monoisotopic (exact) mass is 314 g/mol. The predicted molar refractivity (Wildman–Crippen MR) is 96.6 cm³/mol. The van der Waals surface area contributed by atoms with Gasteiger partial charge in [-0.05, 0) is 44.2 Å². The quantitative estimate of drug-likeness (QED) is 0.626. The molecule has 1 aromatic rings. The summed E-state index contributed by atoms with van der Waals surface area (Å²) in [7, 11) is 0. The lowest BCUT2D eigenvalue weighted by atomic mass is 10.2. The van der Waals surface area contributed by atoms with Crippen LogP contribution in [-0.2, 0) is 6.54 Å². The standard InChI is InChI=1S/C19H30N4/c1-3-20-19(22-18-12-15(18)2)21-13-17-10-7-11-23(17)14-16-8-5-4-6-9-16/h4-6,8-9,15,17-18H,3,7,10-14H2,1-2H3,(H2,20,21,22). The molecule has 126 valence electrons. The summed E-state index contributed by atoms with van der Waals surface area (Å²) < 4.78 is 0. The van der Waals surface area contributed by atoms with Crippen LogP contribution in [0.15, 0.2) is 35.3 Å². The number of hydrogen-bond donors (Lipinski definition) is 2. The van der Waals surface area contributed by atoms with Gasteiger partial charge in [0.1, 0.15) is 0 Å². The van der Waals surface area contributed by atoms with Gasteiger partial charge >= 0.3 is 0 Å². The van der Waals surface area contributed by atoms with Gasteiger partial charge in [-0.2, -0.15) is 0 Å². The third-order valence-electron chi connectivity index (χ3n) is 4.96. The van der Waals surface area contributed by atoms with Gasteiger partial charge in [0, 0.05) is 25.2 Å². The molecule has 1 aliphatic heterocycles. The summed E-state index contributed by atoms with van der Waals surface area (Å²) in [6.45, 7) is 8.47. The van der Waals surface area contributed by atoms with Crippen LogP contribution in [0.2, 0.25) is 0 Å². The summed E-state index contributed by atoms with van der Waals surface area (Å²) in [4.78, 5) is 7.44. The zero-order valence-electron chi connectivity index (χ0n) is 14.5. The van der Waals surface area contributed by atoms with Crippen molar-refractivity contribution >= 4 is 5.96 Å². The van der Waals surface area contributed by atoms with Gasteiger partial charge in [-0.15, -0.1) is 0 Å². The fourth-order valence-corrected chi connectivity index (χ4v) is 3.34. The molecule has 3 atom stereocenters. The molecule has 0 aromatic heterocycles. The highest BCUT2D eigenvalue weighted by Crippen LogP contribution is 2.28. The molecule has 0 spiro atoms. The Bertz CT molecular complexity index is 513. The van der Waals surface area contributed by atoms with Crippen molar-refractivity contribution in [3.63, 3.8) is 0 Å². The molecule has 1 aromatic carbocycles. The summed E-state index contributed by atoms with van der Waals surface area (Å²) in [5.41, 5.74) is 1.40. The van der Waals surface area contributed by atoms with Crippen molar-refractivity contribution < 1.29 is 0 Å². The molecule has 2 N–H and O–H groups in total. The van der Waals surface area contributed by atoms with E-state index in [1.54, 1.807) is 0 Å². The van der Waals surface area contributed by atoms with Crippen molar-refractivity contribution in [2.24, 2.45) is 10.9 Å². The minimum absolute atomic E-state index is 0.572. The maximum Gasteiger partial charge on any atom is 0.191 e. The van der Waals surface area contributed by atoms with Gasteiger partial charge in [-0.25, -0.2) is 0 Å². The van der Waals surface area contributed by atoms with E-state index in [1.807, 2.05) is 0 Å². The molecule has 0 amide bonds. The molecule has 1 saturated carbocycles. The third kappa shape index (κ3) is 4.71. The highest BCUT2D eigenvalue weighted by atomic mass is 15.2. The van der Waals surface area contributed by atoms with Crippen molar-refractivity contribution in [1.29, 1.82) is 0 Å². The molecule has 4 heteroatoms. The Morgan fingerprint density at radius 3 is 2.78 bits per heavy atom. The van der Waals surface area contributed by atoms with Crippen LogP contribution < -0.4 is 10.6 Å². The number of nitrogens with one attached hydrogen (secondary N) is 2. The molecule has 0 radical (unpaired) electrons. The second-order valence-electron chi connectivity index (χ2n) is 6.94. The van der Waals surface area contributed by atoms with E-state index in [-0.39, 0.29) is 0 Å². The molecule has 2 fully saturated rings. The first-order chi connectivity index (χ1) is 11.3. The van der Waals surface area contributed by atoms with Gasteiger partial charge in [-0.3, -0.25) is 9.89 Å². The number of aliphatic imine (C=N–C) groups is 1. The summed E-state index contributed by atoms with van der Waals surface area (Å²) in [6.07, 6.45) is 3.82. The third-order valence-corrected chi connectivity index (χ3v) is 4.96. The number of guanidine groups is 1. The molecule has 3 rings (SSSR count). The Labute approximate surface area is 140 Å². The number of rotatable bonds is 6. The fraction of sp³-hybridized carbons (Fsp3) is 0.632. The van der Waals surface area contributed by atoms with Crippen LogP contribution in [0.5, 0.6) is 0 Å². The Morgan fingerprint density at radius 1 is 1.30 bits per heavy atom. The first-order valence-electron chi connectivity index (χ1n) is 9.09. The lowest BCUT2D eigenvalue weighted by molar-refractivity contribution is 0.250. The van der Waals surface area contributed by atoms with Crippen molar-refractivity contribution in [3.05, 3.63) is 35.9 Å². The van der Waals surface area contributed by atoms with Crippen LogP contribution in [-0.4, -0.2) is 42.6 Å². The normalized spacial score (nSPS) is 27.9. The molecule has 3 unspecified atom stereocenters. The smallest absolute Gasteiger partial charge is 0.191 e. The van der Waals surface area contributed by atoms with Crippen molar-refractivity contribution in [2.75, 3.05) is 19.6 Å². The molecule has 0 bridgehead atoms. The first-order valence-corrected chi connectivity index (χ1v) is 9.09. The van der Waals surface area contributed by atoms with E-state index in [1.165, 1.54) is 31.4 Å². The van der Waals surface area contributed by atoms with Gasteiger partial charge in [0.2, 0.25) is 0 Å². The summed E-state index contributed by atoms with van der Waals surface area (Å²) >= 11 is 0. The molecular formula is C19H30N4.